The molecule has 0 saturated carbocycles. The van der Waals surface area contributed by atoms with Crippen molar-refractivity contribution in [1.82, 2.24) is 4.90 Å². The lowest BCUT2D eigenvalue weighted by molar-refractivity contribution is -0.0891. The van der Waals surface area contributed by atoms with E-state index in [1.54, 1.807) is 0 Å². The van der Waals surface area contributed by atoms with Crippen LogP contribution in [0.5, 0.6) is 0 Å². The molecule has 0 N–H and O–H groups in total. The predicted molar refractivity (Wildman–Crippen MR) is 69.0 cm³/mol. The lowest BCUT2D eigenvalue weighted by Gasteiger charge is -2.42. The van der Waals surface area contributed by atoms with E-state index in [1.807, 2.05) is 11.8 Å². The summed E-state index contributed by atoms with van der Waals surface area (Å²) in [6.45, 7) is 2.01. The van der Waals surface area contributed by atoms with Gasteiger partial charge in [-0.25, -0.2) is 0 Å². The molecule has 17 heavy (non-hydrogen) atoms. The van der Waals surface area contributed by atoms with Crippen molar-refractivity contribution in [3.8, 4) is 6.07 Å². The summed E-state index contributed by atoms with van der Waals surface area (Å²) in [5.74, 6) is 2.41. The molecule has 3 nitrogen and oxygen atoms in total. The molecule has 94 valence electrons. The number of hydrogen-bond donors (Lipinski definition) is 0. The van der Waals surface area contributed by atoms with Crippen LogP contribution in [-0.2, 0) is 4.74 Å². The fourth-order valence-electron chi connectivity index (χ4n) is 3.51. The summed E-state index contributed by atoms with van der Waals surface area (Å²) in [7, 11) is 0. The molecule has 3 aliphatic rings. The van der Waals surface area contributed by atoms with Crippen molar-refractivity contribution >= 4 is 11.8 Å². The Hall–Kier alpha value is -0.240. The van der Waals surface area contributed by atoms with Crippen LogP contribution in [0.15, 0.2) is 0 Å². The summed E-state index contributed by atoms with van der Waals surface area (Å²) in [4.78, 5) is 2.45. The number of thioether (sulfide) groups is 1. The second-order valence-corrected chi connectivity index (χ2v) is 6.61. The number of likely N-dealkylation sites (tertiary alicyclic amines) is 1. The van der Waals surface area contributed by atoms with Crippen molar-refractivity contribution in [2.45, 2.75) is 49.8 Å². The summed E-state index contributed by atoms with van der Waals surface area (Å²) < 4.78 is 6.05. The standard InChI is InChI=1S/C13H20N2OS/c14-9-12-2-1-5-15(12)11-3-6-16-13(8-11)4-7-17-10-13/h11-12H,1-8,10H2. The zero-order valence-corrected chi connectivity index (χ0v) is 11.0. The van der Waals surface area contributed by atoms with Gasteiger partial charge in [0.05, 0.1) is 17.7 Å². The lowest BCUT2D eigenvalue weighted by atomic mass is 9.89. The van der Waals surface area contributed by atoms with Crippen molar-refractivity contribution in [3.05, 3.63) is 0 Å². The van der Waals surface area contributed by atoms with Crippen molar-refractivity contribution < 1.29 is 4.74 Å². The Morgan fingerprint density at radius 1 is 1.41 bits per heavy atom. The molecule has 0 bridgehead atoms. The summed E-state index contributed by atoms with van der Waals surface area (Å²) >= 11 is 2.02. The van der Waals surface area contributed by atoms with Gasteiger partial charge in [0.1, 0.15) is 0 Å². The number of ether oxygens (including phenoxy) is 1. The second-order valence-electron chi connectivity index (χ2n) is 5.51. The minimum Gasteiger partial charge on any atom is -0.374 e. The van der Waals surface area contributed by atoms with Crippen molar-refractivity contribution in [2.24, 2.45) is 0 Å². The Bertz CT molecular complexity index is 322. The highest BCUT2D eigenvalue weighted by atomic mass is 32.2. The molecule has 0 aromatic heterocycles. The smallest absolute Gasteiger partial charge is 0.0980 e. The average molecular weight is 252 g/mol. The molecule has 0 radical (unpaired) electrons. The van der Waals surface area contributed by atoms with Crippen LogP contribution in [0.4, 0.5) is 0 Å². The Morgan fingerprint density at radius 2 is 2.35 bits per heavy atom. The van der Waals surface area contributed by atoms with Crippen molar-refractivity contribution in [1.29, 1.82) is 5.26 Å². The monoisotopic (exact) mass is 252 g/mol. The zero-order valence-electron chi connectivity index (χ0n) is 10.2. The predicted octanol–water partition coefficient (Wildman–Crippen LogP) is 2.03. The van der Waals surface area contributed by atoms with Gasteiger partial charge in [-0.05, 0) is 44.4 Å². The van der Waals surface area contributed by atoms with Crippen LogP contribution in [0, 0.1) is 11.3 Å². The van der Waals surface area contributed by atoms with Crippen LogP contribution in [-0.4, -0.2) is 47.2 Å². The molecule has 3 rings (SSSR count). The molecule has 3 fully saturated rings. The fourth-order valence-corrected chi connectivity index (χ4v) is 4.89. The van der Waals surface area contributed by atoms with Gasteiger partial charge < -0.3 is 4.74 Å². The Labute approximate surface area is 107 Å². The topological polar surface area (TPSA) is 36.3 Å². The molecule has 3 aliphatic heterocycles. The molecule has 1 spiro atoms. The average Bonchev–Trinajstić information content (AvgIpc) is 2.98. The highest BCUT2D eigenvalue weighted by Crippen LogP contribution is 2.40. The van der Waals surface area contributed by atoms with Gasteiger partial charge in [0, 0.05) is 18.4 Å². The van der Waals surface area contributed by atoms with Crippen LogP contribution < -0.4 is 0 Å². The first kappa shape index (κ1) is 11.8. The first-order chi connectivity index (χ1) is 8.33. The number of hydrogen-bond acceptors (Lipinski definition) is 4. The van der Waals surface area contributed by atoms with Crippen LogP contribution in [0.2, 0.25) is 0 Å². The molecule has 0 aromatic rings. The Morgan fingerprint density at radius 3 is 3.12 bits per heavy atom. The van der Waals surface area contributed by atoms with E-state index >= 15 is 0 Å². The summed E-state index contributed by atoms with van der Waals surface area (Å²) in [5.41, 5.74) is 0.149. The molecule has 3 atom stereocenters. The summed E-state index contributed by atoms with van der Waals surface area (Å²) in [6, 6.07) is 3.23. The summed E-state index contributed by atoms with van der Waals surface area (Å²) in [6.07, 6.45) is 5.73. The highest BCUT2D eigenvalue weighted by molar-refractivity contribution is 7.99. The van der Waals surface area contributed by atoms with Gasteiger partial charge in [-0.1, -0.05) is 0 Å². The van der Waals surface area contributed by atoms with E-state index in [0.717, 1.165) is 38.2 Å². The van der Waals surface area contributed by atoms with Crippen LogP contribution in [0.3, 0.4) is 0 Å². The molecule has 4 heteroatoms. The lowest BCUT2D eigenvalue weighted by Crippen LogP contribution is -2.50. The van der Waals surface area contributed by atoms with E-state index in [-0.39, 0.29) is 11.6 Å². The second kappa shape index (κ2) is 4.79. The third-order valence-electron chi connectivity index (χ3n) is 4.45. The molecular weight excluding hydrogens is 232 g/mol. The van der Waals surface area contributed by atoms with Gasteiger partial charge in [-0.2, -0.15) is 17.0 Å². The van der Waals surface area contributed by atoms with Gasteiger partial charge in [0.25, 0.3) is 0 Å². The van der Waals surface area contributed by atoms with E-state index in [1.165, 1.54) is 18.6 Å². The number of nitriles is 1. The van der Waals surface area contributed by atoms with Gasteiger partial charge in [0.15, 0.2) is 0 Å². The highest BCUT2D eigenvalue weighted by Gasteiger charge is 2.43. The summed E-state index contributed by atoms with van der Waals surface area (Å²) in [5, 5.41) is 9.20. The van der Waals surface area contributed by atoms with Gasteiger partial charge >= 0.3 is 0 Å². The van der Waals surface area contributed by atoms with E-state index < -0.39 is 0 Å². The minimum absolute atomic E-state index is 0.149. The van der Waals surface area contributed by atoms with E-state index in [0.29, 0.717) is 6.04 Å². The Kier molecular flexibility index (Phi) is 3.34. The molecule has 0 aliphatic carbocycles. The third kappa shape index (κ3) is 2.21. The SMILES string of the molecule is N#CC1CCCN1C1CCOC2(CCSC2)C1. The fraction of sp³-hybridized carbons (Fsp3) is 0.923. The largest absolute Gasteiger partial charge is 0.374 e. The molecule has 3 unspecified atom stereocenters. The third-order valence-corrected chi connectivity index (χ3v) is 5.67. The molecule has 0 aromatic carbocycles. The number of rotatable bonds is 1. The Balaban J connectivity index is 1.69. The zero-order chi connectivity index (χ0) is 11.7. The molecule has 3 heterocycles. The van der Waals surface area contributed by atoms with Crippen LogP contribution in [0.1, 0.15) is 32.1 Å². The molecule has 3 saturated heterocycles. The molecule has 0 amide bonds. The number of nitrogens with zero attached hydrogens (tertiary/aromatic N) is 2. The maximum Gasteiger partial charge on any atom is 0.0980 e. The maximum atomic E-state index is 9.20. The van der Waals surface area contributed by atoms with E-state index in [4.69, 9.17) is 4.74 Å². The van der Waals surface area contributed by atoms with E-state index in [2.05, 4.69) is 11.0 Å². The van der Waals surface area contributed by atoms with Gasteiger partial charge in [-0.3, -0.25) is 4.90 Å². The van der Waals surface area contributed by atoms with Crippen molar-refractivity contribution in [3.63, 3.8) is 0 Å². The van der Waals surface area contributed by atoms with Gasteiger partial charge in [0.2, 0.25) is 0 Å². The first-order valence-corrected chi connectivity index (χ1v) is 7.86. The maximum absolute atomic E-state index is 9.20. The minimum atomic E-state index is 0.149. The van der Waals surface area contributed by atoms with Crippen LogP contribution >= 0.6 is 11.8 Å². The quantitative estimate of drug-likeness (QED) is 0.715. The van der Waals surface area contributed by atoms with Gasteiger partial charge in [-0.15, -0.1) is 0 Å². The van der Waals surface area contributed by atoms with Crippen LogP contribution in [0.25, 0.3) is 0 Å². The normalized spacial score (nSPS) is 43.0. The first-order valence-electron chi connectivity index (χ1n) is 6.70. The van der Waals surface area contributed by atoms with Crippen molar-refractivity contribution in [2.75, 3.05) is 24.7 Å². The molecular formula is C13H20N2OS. The van der Waals surface area contributed by atoms with E-state index in [9.17, 15) is 5.26 Å².